The van der Waals surface area contributed by atoms with E-state index in [1.807, 2.05) is 6.07 Å². The van der Waals surface area contributed by atoms with Crippen LogP contribution < -0.4 is 4.74 Å². The fraction of sp³-hybridized carbons (Fsp3) is 0.409. The summed E-state index contributed by atoms with van der Waals surface area (Å²) in [7, 11) is 0. The van der Waals surface area contributed by atoms with E-state index < -0.39 is 17.5 Å². The van der Waals surface area contributed by atoms with Crippen molar-refractivity contribution in [2.45, 2.75) is 50.0 Å². The van der Waals surface area contributed by atoms with E-state index in [1.54, 1.807) is 30.3 Å². The van der Waals surface area contributed by atoms with Gasteiger partial charge in [-0.3, -0.25) is 4.79 Å². The van der Waals surface area contributed by atoms with Crippen LogP contribution in [0, 0.1) is 5.82 Å². The molecule has 0 spiro atoms. The summed E-state index contributed by atoms with van der Waals surface area (Å²) in [4.78, 5) is 11.8. The number of aliphatic carboxylic acids is 1. The minimum absolute atomic E-state index is 0.266. The lowest BCUT2D eigenvalue weighted by molar-refractivity contribution is -0.147. The van der Waals surface area contributed by atoms with Gasteiger partial charge in [0.1, 0.15) is 17.5 Å². The lowest BCUT2D eigenvalue weighted by atomic mass is 9.73. The average Bonchev–Trinajstić information content (AvgIpc) is 2.63. The molecule has 2 aromatic carbocycles. The predicted octanol–water partition coefficient (Wildman–Crippen LogP) is 4.31. The molecule has 27 heavy (non-hydrogen) atoms. The number of carboxylic acids is 1. The predicted molar refractivity (Wildman–Crippen MR) is 100 cm³/mol. The lowest BCUT2D eigenvalue weighted by Gasteiger charge is -2.37. The lowest BCUT2D eigenvalue weighted by Crippen LogP contribution is -2.42. The maximum Gasteiger partial charge on any atom is 0.313 e. The highest BCUT2D eigenvalue weighted by Gasteiger charge is 2.43. The fourth-order valence-electron chi connectivity index (χ4n) is 3.87. The summed E-state index contributed by atoms with van der Waals surface area (Å²) < 4.78 is 18.9. The largest absolute Gasteiger partial charge is 0.493 e. The number of hydrogen-bond acceptors (Lipinski definition) is 3. The molecule has 2 N–H and O–H groups in total. The van der Waals surface area contributed by atoms with Gasteiger partial charge in [-0.2, -0.15) is 0 Å². The molecule has 0 aliphatic heterocycles. The molecule has 0 saturated heterocycles. The van der Waals surface area contributed by atoms with E-state index in [-0.39, 0.29) is 5.82 Å². The number of halogens is 1. The van der Waals surface area contributed by atoms with Crippen molar-refractivity contribution in [3.63, 3.8) is 0 Å². The van der Waals surface area contributed by atoms with Crippen molar-refractivity contribution in [3.8, 4) is 5.75 Å². The molecular weight excluding hydrogens is 347 g/mol. The Labute approximate surface area is 158 Å². The monoisotopic (exact) mass is 372 g/mol. The van der Waals surface area contributed by atoms with Gasteiger partial charge in [-0.25, -0.2) is 4.39 Å². The van der Waals surface area contributed by atoms with Gasteiger partial charge in [0.2, 0.25) is 0 Å². The first-order valence-corrected chi connectivity index (χ1v) is 9.40. The molecule has 0 aromatic heterocycles. The molecule has 4 nitrogen and oxygen atoms in total. The molecule has 2 aromatic rings. The highest BCUT2D eigenvalue weighted by molar-refractivity contribution is 5.78. The zero-order chi connectivity index (χ0) is 19.3. The number of benzene rings is 2. The third-order valence-corrected chi connectivity index (χ3v) is 5.27. The van der Waals surface area contributed by atoms with Crippen molar-refractivity contribution in [1.82, 2.24) is 0 Å². The molecule has 0 heterocycles. The quantitative estimate of drug-likeness (QED) is 0.760. The van der Waals surface area contributed by atoms with Gasteiger partial charge in [-0.1, -0.05) is 43.5 Å². The smallest absolute Gasteiger partial charge is 0.313 e. The molecular formula is C22H25FO4. The molecule has 0 bridgehead atoms. The maximum atomic E-state index is 13.2. The summed E-state index contributed by atoms with van der Waals surface area (Å²) in [5, 5.41) is 20.6. The first-order valence-electron chi connectivity index (χ1n) is 9.40. The molecule has 0 amide bonds. The van der Waals surface area contributed by atoms with Crippen LogP contribution in [0.1, 0.15) is 49.1 Å². The molecule has 1 aliphatic rings. The van der Waals surface area contributed by atoms with Crippen LogP contribution in [0.15, 0.2) is 48.5 Å². The van der Waals surface area contributed by atoms with Crippen molar-refractivity contribution in [2.24, 2.45) is 0 Å². The number of hydrogen-bond donors (Lipinski definition) is 2. The number of carboxylic acid groups (broad SMARTS) is 1. The molecule has 144 valence electrons. The van der Waals surface area contributed by atoms with Gasteiger partial charge in [0, 0.05) is 6.42 Å². The van der Waals surface area contributed by atoms with Gasteiger partial charge in [0.15, 0.2) is 0 Å². The van der Waals surface area contributed by atoms with Crippen LogP contribution in [0.4, 0.5) is 4.39 Å². The first-order chi connectivity index (χ1) is 13.0. The van der Waals surface area contributed by atoms with E-state index in [9.17, 15) is 19.4 Å². The molecule has 1 saturated carbocycles. The third kappa shape index (κ3) is 4.86. The Morgan fingerprint density at radius 3 is 2.44 bits per heavy atom. The van der Waals surface area contributed by atoms with Crippen LogP contribution in [-0.2, 0) is 11.2 Å². The van der Waals surface area contributed by atoms with E-state index in [1.165, 1.54) is 12.1 Å². The normalized spacial score (nSPS) is 17.3. The van der Waals surface area contributed by atoms with Crippen molar-refractivity contribution >= 4 is 5.97 Å². The Balaban J connectivity index is 1.63. The Morgan fingerprint density at radius 1 is 1.11 bits per heavy atom. The van der Waals surface area contributed by atoms with Gasteiger partial charge in [0.25, 0.3) is 0 Å². The van der Waals surface area contributed by atoms with Gasteiger partial charge >= 0.3 is 5.97 Å². The summed E-state index contributed by atoms with van der Waals surface area (Å²) in [5.74, 6) is -1.58. The van der Waals surface area contributed by atoms with Crippen molar-refractivity contribution in [2.75, 3.05) is 6.61 Å². The van der Waals surface area contributed by atoms with Crippen LogP contribution in [0.25, 0.3) is 0 Å². The van der Waals surface area contributed by atoms with Crippen molar-refractivity contribution in [3.05, 3.63) is 65.5 Å². The number of rotatable bonds is 7. The Hall–Kier alpha value is -2.40. The third-order valence-electron chi connectivity index (χ3n) is 5.27. The van der Waals surface area contributed by atoms with Gasteiger partial charge in [-0.05, 0) is 48.2 Å². The van der Waals surface area contributed by atoms with Gasteiger partial charge in [-0.15, -0.1) is 0 Å². The molecule has 1 aliphatic carbocycles. The number of aliphatic hydroxyl groups is 1. The van der Waals surface area contributed by atoms with Crippen molar-refractivity contribution < 1.29 is 24.1 Å². The van der Waals surface area contributed by atoms with Gasteiger partial charge in [0.05, 0.1) is 12.2 Å². The molecule has 5 heteroatoms. The maximum absolute atomic E-state index is 13.2. The SMILES string of the molecule is O=C(O)C(c1ccc(OCCc2cccc(F)c2)cc1)C1(O)CCCCC1. The second-order valence-electron chi connectivity index (χ2n) is 7.23. The molecule has 3 rings (SSSR count). The van der Waals surface area contributed by atoms with Crippen LogP contribution in [0.3, 0.4) is 0 Å². The standard InChI is InChI=1S/C22H25FO4/c23-18-6-4-5-16(15-18)11-14-27-19-9-7-17(8-10-19)20(21(24)25)22(26)12-2-1-3-13-22/h4-10,15,20,26H,1-3,11-14H2,(H,24,25). The molecule has 0 radical (unpaired) electrons. The van der Waals surface area contributed by atoms with Gasteiger partial charge < -0.3 is 14.9 Å². The highest BCUT2D eigenvalue weighted by atomic mass is 19.1. The molecule has 1 fully saturated rings. The fourth-order valence-corrected chi connectivity index (χ4v) is 3.87. The summed E-state index contributed by atoms with van der Waals surface area (Å²) in [6, 6.07) is 13.3. The van der Waals surface area contributed by atoms with Crippen LogP contribution in [-0.4, -0.2) is 28.4 Å². The zero-order valence-electron chi connectivity index (χ0n) is 15.2. The second-order valence-corrected chi connectivity index (χ2v) is 7.23. The van der Waals surface area contributed by atoms with E-state index in [0.29, 0.717) is 37.2 Å². The van der Waals surface area contributed by atoms with Crippen molar-refractivity contribution in [1.29, 1.82) is 0 Å². The summed E-state index contributed by atoms with van der Waals surface area (Å²) in [5.41, 5.74) is 0.255. The zero-order valence-corrected chi connectivity index (χ0v) is 15.2. The summed E-state index contributed by atoms with van der Waals surface area (Å²) in [6.45, 7) is 0.398. The van der Waals surface area contributed by atoms with E-state index in [4.69, 9.17) is 4.74 Å². The van der Waals surface area contributed by atoms with Crippen LogP contribution in [0.2, 0.25) is 0 Å². The minimum atomic E-state index is -1.19. The summed E-state index contributed by atoms with van der Waals surface area (Å²) >= 11 is 0. The Morgan fingerprint density at radius 2 is 1.81 bits per heavy atom. The minimum Gasteiger partial charge on any atom is -0.493 e. The van der Waals surface area contributed by atoms with E-state index >= 15 is 0 Å². The van der Waals surface area contributed by atoms with E-state index in [0.717, 1.165) is 24.8 Å². The first kappa shape index (κ1) is 19.4. The number of ether oxygens (including phenoxy) is 1. The Kier molecular flexibility index (Phi) is 6.11. The molecule has 1 atom stereocenters. The second kappa shape index (κ2) is 8.53. The highest BCUT2D eigenvalue weighted by Crippen LogP contribution is 2.40. The topological polar surface area (TPSA) is 66.8 Å². The Bertz CT molecular complexity index is 766. The van der Waals surface area contributed by atoms with Crippen LogP contribution >= 0.6 is 0 Å². The average molecular weight is 372 g/mol. The molecule has 1 unspecified atom stereocenters. The number of carbonyl (C=O) groups is 1. The van der Waals surface area contributed by atoms with E-state index in [2.05, 4.69) is 0 Å². The summed E-state index contributed by atoms with van der Waals surface area (Å²) in [6.07, 6.45) is 4.33. The van der Waals surface area contributed by atoms with Crippen LogP contribution in [0.5, 0.6) is 5.75 Å².